The second-order valence-electron chi connectivity index (χ2n) is 5.30. The fourth-order valence-corrected chi connectivity index (χ4v) is 3.87. The van der Waals surface area contributed by atoms with Gasteiger partial charge in [-0.25, -0.2) is 0 Å². The zero-order valence-electron chi connectivity index (χ0n) is 10.6. The van der Waals surface area contributed by atoms with E-state index in [9.17, 15) is 4.79 Å². The van der Waals surface area contributed by atoms with Crippen LogP contribution < -0.4 is 5.32 Å². The molecule has 0 radical (unpaired) electrons. The van der Waals surface area contributed by atoms with Gasteiger partial charge < -0.3 is 10.2 Å². The summed E-state index contributed by atoms with van der Waals surface area (Å²) >= 11 is 1.75. The molecule has 0 aromatic carbocycles. The fraction of sp³-hybridized carbons (Fsp3) is 0.643. The Morgan fingerprint density at radius 2 is 2.39 bits per heavy atom. The number of piperidine rings is 1. The highest BCUT2D eigenvalue weighted by Crippen LogP contribution is 2.28. The molecule has 2 atom stereocenters. The molecule has 0 aliphatic carbocycles. The van der Waals surface area contributed by atoms with E-state index >= 15 is 0 Å². The molecule has 98 valence electrons. The van der Waals surface area contributed by atoms with E-state index in [-0.39, 0.29) is 0 Å². The lowest BCUT2D eigenvalue weighted by Gasteiger charge is -2.32. The van der Waals surface area contributed by atoms with Crippen molar-refractivity contribution in [1.82, 2.24) is 10.2 Å². The van der Waals surface area contributed by atoms with Crippen LogP contribution in [0, 0.1) is 0 Å². The lowest BCUT2D eigenvalue weighted by atomic mass is 9.99. The molecule has 18 heavy (non-hydrogen) atoms. The number of hydrogen-bond donors (Lipinski definition) is 1. The lowest BCUT2D eigenvalue weighted by molar-refractivity contribution is -0.129. The molecule has 0 spiro atoms. The third-order valence-corrected chi connectivity index (χ3v) is 4.86. The molecule has 2 saturated heterocycles. The molecule has 2 aliphatic heterocycles. The third kappa shape index (κ3) is 2.45. The predicted molar refractivity (Wildman–Crippen MR) is 73.8 cm³/mol. The van der Waals surface area contributed by atoms with Gasteiger partial charge in [0.15, 0.2) is 0 Å². The molecular weight excluding hydrogens is 244 g/mol. The summed E-state index contributed by atoms with van der Waals surface area (Å²) in [4.78, 5) is 14.0. The Balaban J connectivity index is 1.52. The Bertz CT molecular complexity index is 404. The van der Waals surface area contributed by atoms with Crippen LogP contribution in [0.3, 0.4) is 0 Å². The van der Waals surface area contributed by atoms with Crippen LogP contribution in [0.15, 0.2) is 16.8 Å². The van der Waals surface area contributed by atoms with E-state index in [0.29, 0.717) is 24.4 Å². The summed E-state index contributed by atoms with van der Waals surface area (Å²) in [6.07, 6.45) is 5.41. The first-order chi connectivity index (χ1) is 8.84. The smallest absolute Gasteiger partial charge is 0.224 e. The van der Waals surface area contributed by atoms with Gasteiger partial charge in [0, 0.05) is 25.0 Å². The van der Waals surface area contributed by atoms with Gasteiger partial charge in [-0.3, -0.25) is 4.79 Å². The zero-order chi connectivity index (χ0) is 12.4. The third-order valence-electron chi connectivity index (χ3n) is 4.13. The van der Waals surface area contributed by atoms with Crippen molar-refractivity contribution in [3.8, 4) is 0 Å². The molecule has 0 saturated carbocycles. The van der Waals surface area contributed by atoms with E-state index in [1.54, 1.807) is 11.3 Å². The molecule has 2 unspecified atom stereocenters. The first-order valence-electron chi connectivity index (χ1n) is 6.88. The standard InChI is InChI=1S/C14H20N2OS/c17-14-9-12(13-3-1-2-7-16(13)14)15-6-4-11-5-8-18-10-11/h5,8,10,12-13,15H,1-4,6-7,9H2. The molecule has 2 aliphatic rings. The summed E-state index contributed by atoms with van der Waals surface area (Å²) in [6.45, 7) is 1.96. The highest BCUT2D eigenvalue weighted by Gasteiger charge is 2.40. The Labute approximate surface area is 112 Å². The molecule has 3 heterocycles. The van der Waals surface area contributed by atoms with Crippen LogP contribution in [0.2, 0.25) is 0 Å². The number of amides is 1. The monoisotopic (exact) mass is 264 g/mol. The van der Waals surface area contributed by atoms with Crippen molar-refractivity contribution >= 4 is 17.2 Å². The van der Waals surface area contributed by atoms with E-state index in [2.05, 4.69) is 27.0 Å². The van der Waals surface area contributed by atoms with Gasteiger partial charge in [0.25, 0.3) is 0 Å². The van der Waals surface area contributed by atoms with Gasteiger partial charge in [0.1, 0.15) is 0 Å². The molecular formula is C14H20N2OS. The summed E-state index contributed by atoms with van der Waals surface area (Å²) in [6, 6.07) is 3.03. The maximum absolute atomic E-state index is 11.9. The molecule has 2 fully saturated rings. The topological polar surface area (TPSA) is 32.3 Å². The van der Waals surface area contributed by atoms with Crippen molar-refractivity contribution in [1.29, 1.82) is 0 Å². The van der Waals surface area contributed by atoms with Crippen LogP contribution in [0.25, 0.3) is 0 Å². The highest BCUT2D eigenvalue weighted by molar-refractivity contribution is 7.07. The fourth-order valence-electron chi connectivity index (χ4n) is 3.17. The summed E-state index contributed by atoms with van der Waals surface area (Å²) in [7, 11) is 0. The summed E-state index contributed by atoms with van der Waals surface area (Å²) in [5.74, 6) is 0.354. The normalized spacial score (nSPS) is 27.6. The maximum atomic E-state index is 11.9. The van der Waals surface area contributed by atoms with Crippen LogP contribution in [0.1, 0.15) is 31.2 Å². The number of carbonyl (C=O) groups excluding carboxylic acids is 1. The van der Waals surface area contributed by atoms with Crippen molar-refractivity contribution in [2.75, 3.05) is 13.1 Å². The summed E-state index contributed by atoms with van der Waals surface area (Å²) in [5.41, 5.74) is 1.40. The number of hydrogen-bond acceptors (Lipinski definition) is 3. The van der Waals surface area contributed by atoms with Gasteiger partial charge in [0.05, 0.1) is 0 Å². The average molecular weight is 264 g/mol. The SMILES string of the molecule is O=C1CC(NCCc2ccsc2)C2CCCCN12. The Hall–Kier alpha value is -0.870. The van der Waals surface area contributed by atoms with E-state index < -0.39 is 0 Å². The number of nitrogens with one attached hydrogen (secondary N) is 1. The largest absolute Gasteiger partial charge is 0.338 e. The minimum absolute atomic E-state index is 0.354. The Kier molecular flexibility index (Phi) is 3.66. The molecule has 1 N–H and O–H groups in total. The first kappa shape index (κ1) is 12.2. The zero-order valence-corrected chi connectivity index (χ0v) is 11.4. The first-order valence-corrected chi connectivity index (χ1v) is 7.83. The van der Waals surface area contributed by atoms with Crippen molar-refractivity contribution in [2.24, 2.45) is 0 Å². The van der Waals surface area contributed by atoms with Gasteiger partial charge >= 0.3 is 0 Å². The molecule has 1 aromatic rings. The lowest BCUT2D eigenvalue weighted by Crippen LogP contribution is -2.45. The van der Waals surface area contributed by atoms with Crippen molar-refractivity contribution in [3.05, 3.63) is 22.4 Å². The summed E-state index contributed by atoms with van der Waals surface area (Å²) < 4.78 is 0. The van der Waals surface area contributed by atoms with Gasteiger partial charge in [-0.2, -0.15) is 11.3 Å². The van der Waals surface area contributed by atoms with Crippen LogP contribution in [-0.2, 0) is 11.2 Å². The molecule has 3 nitrogen and oxygen atoms in total. The number of rotatable bonds is 4. The predicted octanol–water partition coefficient (Wildman–Crippen LogP) is 2.03. The minimum Gasteiger partial charge on any atom is -0.338 e. The quantitative estimate of drug-likeness (QED) is 0.902. The van der Waals surface area contributed by atoms with E-state index in [1.807, 2.05) is 0 Å². The van der Waals surface area contributed by atoms with Gasteiger partial charge in [-0.15, -0.1) is 0 Å². The van der Waals surface area contributed by atoms with Gasteiger partial charge in [0.2, 0.25) is 5.91 Å². The second-order valence-corrected chi connectivity index (χ2v) is 6.08. The Morgan fingerprint density at radius 3 is 3.22 bits per heavy atom. The molecule has 4 heteroatoms. The number of fused-ring (bicyclic) bond motifs is 1. The molecule has 0 bridgehead atoms. The molecule has 1 amide bonds. The number of thiophene rings is 1. The average Bonchev–Trinajstić information content (AvgIpc) is 3.00. The Morgan fingerprint density at radius 1 is 1.44 bits per heavy atom. The molecule has 3 rings (SSSR count). The van der Waals surface area contributed by atoms with Crippen molar-refractivity contribution in [3.63, 3.8) is 0 Å². The van der Waals surface area contributed by atoms with Crippen molar-refractivity contribution in [2.45, 2.75) is 44.2 Å². The summed E-state index contributed by atoms with van der Waals surface area (Å²) in [5, 5.41) is 7.92. The van der Waals surface area contributed by atoms with E-state index in [4.69, 9.17) is 0 Å². The van der Waals surface area contributed by atoms with Gasteiger partial charge in [-0.1, -0.05) is 0 Å². The van der Waals surface area contributed by atoms with Gasteiger partial charge in [-0.05, 0) is 54.6 Å². The number of carbonyl (C=O) groups is 1. The second kappa shape index (κ2) is 5.41. The maximum Gasteiger partial charge on any atom is 0.224 e. The van der Waals surface area contributed by atoms with Crippen LogP contribution in [-0.4, -0.2) is 36.0 Å². The van der Waals surface area contributed by atoms with E-state index in [0.717, 1.165) is 19.5 Å². The number of nitrogens with zero attached hydrogens (tertiary/aromatic N) is 1. The van der Waals surface area contributed by atoms with Crippen molar-refractivity contribution < 1.29 is 4.79 Å². The minimum atomic E-state index is 0.354. The highest BCUT2D eigenvalue weighted by atomic mass is 32.1. The van der Waals surface area contributed by atoms with E-state index in [1.165, 1.54) is 24.8 Å². The van der Waals surface area contributed by atoms with Crippen LogP contribution in [0.4, 0.5) is 0 Å². The van der Waals surface area contributed by atoms with Crippen LogP contribution in [0.5, 0.6) is 0 Å². The molecule has 1 aromatic heterocycles. The van der Waals surface area contributed by atoms with Crippen LogP contribution >= 0.6 is 11.3 Å².